The van der Waals surface area contributed by atoms with Crippen LogP contribution in [0.3, 0.4) is 0 Å². The summed E-state index contributed by atoms with van der Waals surface area (Å²) in [5.74, 6) is -1.26. The fraction of sp³-hybridized carbons (Fsp3) is 0.367. The van der Waals surface area contributed by atoms with E-state index in [9.17, 15) is 13.5 Å². The van der Waals surface area contributed by atoms with E-state index in [2.05, 4.69) is 9.88 Å². The van der Waals surface area contributed by atoms with Gasteiger partial charge in [-0.25, -0.2) is 17.2 Å². The number of sulfone groups is 1. The maximum atomic E-state index is 15.5. The van der Waals surface area contributed by atoms with E-state index in [0.29, 0.717) is 43.4 Å². The normalized spacial score (nSPS) is 18.1. The molecule has 2 fully saturated rings. The maximum Gasteiger partial charge on any atom is 0.175 e. The Bertz CT molecular complexity index is 1700. The van der Waals surface area contributed by atoms with Crippen LogP contribution >= 0.6 is 0 Å². The number of aromatic nitrogens is 2. The quantitative estimate of drug-likeness (QED) is 0.362. The van der Waals surface area contributed by atoms with E-state index in [1.807, 2.05) is 24.6 Å². The lowest BCUT2D eigenvalue weighted by Gasteiger charge is -2.38. The first-order valence-corrected chi connectivity index (χ1v) is 15.1. The monoisotopic (exact) mass is 551 g/mol. The van der Waals surface area contributed by atoms with Gasteiger partial charge in [0.15, 0.2) is 9.84 Å². The van der Waals surface area contributed by atoms with E-state index in [4.69, 9.17) is 0 Å². The van der Waals surface area contributed by atoms with Crippen LogP contribution in [0, 0.1) is 18.6 Å². The van der Waals surface area contributed by atoms with E-state index in [1.54, 1.807) is 30.3 Å². The van der Waals surface area contributed by atoms with E-state index < -0.39 is 27.1 Å². The molecule has 39 heavy (non-hydrogen) atoms. The van der Waals surface area contributed by atoms with Crippen LogP contribution in [-0.4, -0.2) is 53.4 Å². The Labute approximate surface area is 226 Å². The van der Waals surface area contributed by atoms with Crippen LogP contribution in [-0.2, 0) is 22.5 Å². The van der Waals surface area contributed by atoms with Gasteiger partial charge in [0.1, 0.15) is 11.6 Å². The highest BCUT2D eigenvalue weighted by molar-refractivity contribution is 7.90. The topological polar surface area (TPSA) is 75.4 Å². The summed E-state index contributed by atoms with van der Waals surface area (Å²) < 4.78 is 56.6. The number of hydrogen-bond acceptors (Lipinski definition) is 5. The molecule has 0 spiro atoms. The SMILES string of the molecule is Cc1nc(-c2cc(F)c(C3(O)CCN(C4CC4)CC3)cc2F)cc2c1cc(-c1ccc(S(C)(=O)=O)cc1)n2C. The number of fused-ring (bicyclic) bond motifs is 1. The predicted octanol–water partition coefficient (Wildman–Crippen LogP) is 5.34. The molecule has 1 aliphatic heterocycles. The Balaban J connectivity index is 1.35. The molecule has 1 saturated carbocycles. The Hall–Kier alpha value is -3.14. The molecule has 1 N–H and O–H groups in total. The molecule has 0 unspecified atom stereocenters. The summed E-state index contributed by atoms with van der Waals surface area (Å²) in [6, 6.07) is 13.2. The number of benzene rings is 2. The summed E-state index contributed by atoms with van der Waals surface area (Å²) in [5.41, 5.74) is 2.08. The molecule has 9 heteroatoms. The highest BCUT2D eigenvalue weighted by Gasteiger charge is 2.40. The van der Waals surface area contributed by atoms with E-state index in [1.165, 1.54) is 19.1 Å². The number of pyridine rings is 1. The first kappa shape index (κ1) is 26.1. The Kier molecular flexibility index (Phi) is 6.17. The Morgan fingerprint density at radius 1 is 1.00 bits per heavy atom. The van der Waals surface area contributed by atoms with E-state index in [-0.39, 0.29) is 16.0 Å². The molecule has 0 radical (unpaired) electrons. The standard InChI is InChI=1S/C30H31F2N3O3S/c1-18-22-15-28(19-4-8-21(9-5-19)39(3,37)38)34(2)29(22)17-27(33-18)23-14-26(32)24(16-25(23)31)30(36)10-12-35(13-11-30)20-6-7-20/h4-5,8-9,14-17,20,36H,6-7,10-13H2,1-3H3. The number of rotatable bonds is 5. The second-order valence-corrected chi connectivity index (χ2v) is 13.0. The van der Waals surface area contributed by atoms with Gasteiger partial charge in [0.25, 0.3) is 0 Å². The van der Waals surface area contributed by atoms with E-state index >= 15 is 8.78 Å². The molecule has 1 saturated heterocycles. The summed E-state index contributed by atoms with van der Waals surface area (Å²) in [7, 11) is -1.44. The van der Waals surface area contributed by atoms with Crippen LogP contribution in [0.2, 0.25) is 0 Å². The molecule has 3 heterocycles. The molecule has 6 rings (SSSR count). The zero-order valence-electron chi connectivity index (χ0n) is 22.2. The Morgan fingerprint density at radius 2 is 1.67 bits per heavy atom. The fourth-order valence-electron chi connectivity index (χ4n) is 5.84. The summed E-state index contributed by atoms with van der Waals surface area (Å²) in [6.07, 6.45) is 4.26. The van der Waals surface area contributed by atoms with Crippen LogP contribution in [0.5, 0.6) is 0 Å². The smallest absolute Gasteiger partial charge is 0.175 e. The molecule has 204 valence electrons. The van der Waals surface area contributed by atoms with Gasteiger partial charge in [-0.1, -0.05) is 12.1 Å². The van der Waals surface area contributed by atoms with Crippen molar-refractivity contribution in [2.75, 3.05) is 19.3 Å². The van der Waals surface area contributed by atoms with Crippen molar-refractivity contribution in [1.29, 1.82) is 0 Å². The molecule has 2 aromatic heterocycles. The van der Waals surface area contributed by atoms with Gasteiger partial charge in [0, 0.05) is 60.3 Å². The summed E-state index contributed by atoms with van der Waals surface area (Å²) in [4.78, 5) is 7.16. The number of aliphatic hydroxyl groups is 1. The molecule has 4 aromatic rings. The number of halogens is 2. The molecule has 0 bridgehead atoms. The number of hydrogen-bond donors (Lipinski definition) is 1. The molecule has 1 aliphatic carbocycles. The first-order chi connectivity index (χ1) is 18.4. The lowest BCUT2D eigenvalue weighted by Crippen LogP contribution is -2.44. The van der Waals surface area contributed by atoms with E-state index in [0.717, 1.165) is 34.3 Å². The second-order valence-electron chi connectivity index (χ2n) is 11.0. The van der Waals surface area contributed by atoms with Gasteiger partial charge in [-0.05, 0) is 74.6 Å². The number of nitrogens with zero attached hydrogens (tertiary/aromatic N) is 3. The number of likely N-dealkylation sites (tertiary alicyclic amines) is 1. The molecule has 6 nitrogen and oxygen atoms in total. The van der Waals surface area contributed by atoms with Crippen LogP contribution in [0.15, 0.2) is 53.4 Å². The third-order valence-corrected chi connectivity index (χ3v) is 9.46. The van der Waals surface area contributed by atoms with Gasteiger partial charge in [-0.15, -0.1) is 0 Å². The highest BCUT2D eigenvalue weighted by atomic mass is 32.2. The average molecular weight is 552 g/mol. The molecule has 0 atom stereocenters. The van der Waals surface area contributed by atoms with Crippen molar-refractivity contribution in [1.82, 2.24) is 14.5 Å². The maximum absolute atomic E-state index is 15.5. The minimum atomic E-state index is -3.31. The average Bonchev–Trinajstić information content (AvgIpc) is 3.68. The highest BCUT2D eigenvalue weighted by Crippen LogP contribution is 2.40. The van der Waals surface area contributed by atoms with Crippen LogP contribution < -0.4 is 0 Å². The summed E-state index contributed by atoms with van der Waals surface area (Å²) in [5, 5.41) is 12.1. The fourth-order valence-corrected chi connectivity index (χ4v) is 6.47. The zero-order chi connectivity index (χ0) is 27.7. The molecule has 2 aromatic carbocycles. The third kappa shape index (κ3) is 4.66. The largest absolute Gasteiger partial charge is 0.385 e. The lowest BCUT2D eigenvalue weighted by molar-refractivity contribution is -0.0304. The molecular formula is C30H31F2N3O3S. The van der Waals surface area contributed by atoms with Gasteiger partial charge in [0.05, 0.1) is 21.7 Å². The van der Waals surface area contributed by atoms with Crippen molar-refractivity contribution < 1.29 is 22.3 Å². The van der Waals surface area contributed by atoms with Crippen molar-refractivity contribution in [3.63, 3.8) is 0 Å². The number of piperidine rings is 1. The van der Waals surface area contributed by atoms with Crippen molar-refractivity contribution in [3.8, 4) is 22.5 Å². The lowest BCUT2D eigenvalue weighted by atomic mass is 9.83. The first-order valence-electron chi connectivity index (χ1n) is 13.2. The Morgan fingerprint density at radius 3 is 2.28 bits per heavy atom. The van der Waals surface area contributed by atoms with Crippen molar-refractivity contribution in [2.24, 2.45) is 7.05 Å². The zero-order valence-corrected chi connectivity index (χ0v) is 23.0. The third-order valence-electron chi connectivity index (χ3n) is 8.33. The van der Waals surface area contributed by atoms with Crippen molar-refractivity contribution >= 4 is 20.7 Å². The molecular weight excluding hydrogens is 520 g/mol. The van der Waals surface area contributed by atoms with Crippen molar-refractivity contribution in [2.45, 2.75) is 49.1 Å². The van der Waals surface area contributed by atoms with Gasteiger partial charge in [0.2, 0.25) is 0 Å². The minimum Gasteiger partial charge on any atom is -0.385 e. The van der Waals surface area contributed by atoms with Gasteiger partial charge >= 0.3 is 0 Å². The predicted molar refractivity (Wildman–Crippen MR) is 147 cm³/mol. The number of aryl methyl sites for hydroxylation is 2. The van der Waals surface area contributed by atoms with Crippen LogP contribution in [0.4, 0.5) is 8.78 Å². The van der Waals surface area contributed by atoms with Gasteiger partial charge in [-0.2, -0.15) is 0 Å². The van der Waals surface area contributed by atoms with Crippen LogP contribution in [0.25, 0.3) is 33.4 Å². The molecule has 0 amide bonds. The van der Waals surface area contributed by atoms with Gasteiger partial charge in [-0.3, -0.25) is 4.98 Å². The van der Waals surface area contributed by atoms with Crippen LogP contribution in [0.1, 0.15) is 36.9 Å². The van der Waals surface area contributed by atoms with Crippen molar-refractivity contribution in [3.05, 3.63) is 71.4 Å². The summed E-state index contributed by atoms with van der Waals surface area (Å²) >= 11 is 0. The minimum absolute atomic E-state index is 0.00990. The second kappa shape index (κ2) is 9.21. The molecule has 2 aliphatic rings. The van der Waals surface area contributed by atoms with Gasteiger partial charge < -0.3 is 14.6 Å². The summed E-state index contributed by atoms with van der Waals surface area (Å²) in [6.45, 7) is 3.17.